The summed E-state index contributed by atoms with van der Waals surface area (Å²) in [5.74, 6) is 0. The molecule has 0 spiro atoms. The van der Waals surface area contributed by atoms with Crippen LogP contribution in [0.2, 0.25) is 0 Å². The second-order valence-corrected chi connectivity index (χ2v) is 6.02. The minimum absolute atomic E-state index is 0. The Morgan fingerprint density at radius 3 is 0.636 bits per heavy atom. The molecule has 11 heavy (non-hydrogen) atoms. The van der Waals surface area contributed by atoms with E-state index >= 15 is 0 Å². The Bertz CT molecular complexity index is 131. The van der Waals surface area contributed by atoms with Crippen LogP contribution in [0.3, 0.4) is 0 Å². The molecule has 2 radical (unpaired) electrons. The summed E-state index contributed by atoms with van der Waals surface area (Å²) in [4.78, 5) is 45.3. The molecule has 0 rings (SSSR count). The van der Waals surface area contributed by atoms with Crippen LogP contribution < -0.4 is 0 Å². The molecule has 70 valence electrons. The molecule has 0 saturated heterocycles. The van der Waals surface area contributed by atoms with E-state index in [1.165, 1.54) is 0 Å². The molecule has 0 aliphatic rings. The van der Waals surface area contributed by atoms with Crippen molar-refractivity contribution in [2.45, 2.75) is 0 Å². The normalized spacial score (nSPS) is 10.7. The van der Waals surface area contributed by atoms with E-state index in [2.05, 4.69) is 23.6 Å². The molecule has 0 aromatic heterocycles. The van der Waals surface area contributed by atoms with Crippen LogP contribution in [0.1, 0.15) is 0 Å². The first-order valence-corrected chi connectivity index (χ1v) is 6.89. The third-order valence-electron chi connectivity index (χ3n) is 0. The van der Waals surface area contributed by atoms with Crippen LogP contribution in [-0.2, 0) is 23.6 Å². The standard InChI is InChI=1S/2H3O3PS.Sn.2H/c2*1-4(2,3)5;;;/h2*(H3,1,2,3,5);;;. The van der Waals surface area contributed by atoms with Crippen molar-refractivity contribution in [3.63, 3.8) is 0 Å². The van der Waals surface area contributed by atoms with Crippen molar-refractivity contribution >= 4 is 61.0 Å². The molecule has 0 saturated carbocycles. The van der Waals surface area contributed by atoms with Gasteiger partial charge in [-0.25, -0.2) is 0 Å². The fourth-order valence-corrected chi connectivity index (χ4v) is 0. The van der Waals surface area contributed by atoms with Gasteiger partial charge in [-0.2, -0.15) is 0 Å². The molecule has 0 aromatic rings. The molecule has 6 nitrogen and oxygen atoms in total. The van der Waals surface area contributed by atoms with Gasteiger partial charge in [-0.05, 0) is 23.6 Å². The molecule has 0 aliphatic heterocycles. The molecule has 0 heterocycles. The van der Waals surface area contributed by atoms with Gasteiger partial charge in [-0.15, -0.1) is 0 Å². The Morgan fingerprint density at radius 2 is 0.636 bits per heavy atom. The first-order chi connectivity index (χ1) is 4.00. The van der Waals surface area contributed by atoms with Gasteiger partial charge in [0.05, 0.1) is 0 Å². The Labute approximate surface area is 90.0 Å². The Morgan fingerprint density at radius 1 is 0.636 bits per heavy atom. The molecule has 11 heteroatoms. The molecule has 0 bridgehead atoms. The van der Waals surface area contributed by atoms with Gasteiger partial charge in [0, 0.05) is 0 Å². The fraction of sp³-hybridized carbons (Fsp3) is 0. The zero-order valence-electron chi connectivity index (χ0n) is 5.10. The van der Waals surface area contributed by atoms with Crippen LogP contribution in [0.5, 0.6) is 0 Å². The maximum absolute atomic E-state index is 7.56. The summed E-state index contributed by atoms with van der Waals surface area (Å²) in [5, 5.41) is 0. The Kier molecular flexibility index (Phi) is 12.3. The zero-order valence-corrected chi connectivity index (χ0v) is 12.6. The van der Waals surface area contributed by atoms with Crippen molar-refractivity contribution in [2.75, 3.05) is 0 Å². The van der Waals surface area contributed by atoms with Crippen molar-refractivity contribution in [3.05, 3.63) is 0 Å². The first kappa shape index (κ1) is 18.6. The van der Waals surface area contributed by atoms with Gasteiger partial charge in [0.1, 0.15) is 0 Å². The molecule has 0 unspecified atom stereocenters. The third-order valence-corrected chi connectivity index (χ3v) is 0. The SMILES string of the molecule is OP(O)(O)=S.OP(O)(O)=S.[SnH2]. The topological polar surface area (TPSA) is 121 Å². The quantitative estimate of drug-likeness (QED) is 0.209. The maximum atomic E-state index is 7.56. The number of hydrogen-bond donors (Lipinski definition) is 6. The second-order valence-electron chi connectivity index (χ2n) is 1.03. The number of hydrogen-bond acceptors (Lipinski definition) is 2. The van der Waals surface area contributed by atoms with Crippen molar-refractivity contribution in [2.24, 2.45) is 0 Å². The van der Waals surface area contributed by atoms with Crippen molar-refractivity contribution in [3.8, 4) is 0 Å². The predicted molar refractivity (Wildman–Crippen MR) is 50.4 cm³/mol. The Balaban J connectivity index is -0.000000107. The molecule has 6 N–H and O–H groups in total. The van der Waals surface area contributed by atoms with Gasteiger partial charge in [0.15, 0.2) is 0 Å². The fourth-order valence-electron chi connectivity index (χ4n) is 0. The summed E-state index contributed by atoms with van der Waals surface area (Å²) >= 11 is 7.21. The zero-order chi connectivity index (χ0) is 9.00. The molecule has 0 fully saturated rings. The van der Waals surface area contributed by atoms with E-state index in [0.717, 1.165) is 0 Å². The van der Waals surface area contributed by atoms with Crippen LogP contribution in [0, 0.1) is 0 Å². The average Bonchev–Trinajstić information content (AvgIpc) is 1.12. The van der Waals surface area contributed by atoms with Gasteiger partial charge in [0.25, 0.3) is 0 Å². The van der Waals surface area contributed by atoms with Gasteiger partial charge < -0.3 is 29.4 Å². The van der Waals surface area contributed by atoms with E-state index in [0.29, 0.717) is 0 Å². The second kappa shape index (κ2) is 7.28. The molecular formula is H8O6P2S2Sn. The summed E-state index contributed by atoms with van der Waals surface area (Å²) in [6.07, 6.45) is 0. The van der Waals surface area contributed by atoms with Crippen molar-refractivity contribution < 1.29 is 29.4 Å². The van der Waals surface area contributed by atoms with Gasteiger partial charge in [-0.1, -0.05) is 0 Å². The first-order valence-electron chi connectivity index (χ1n) is 1.57. The molecule has 0 aromatic carbocycles. The van der Waals surface area contributed by atoms with E-state index in [1.807, 2.05) is 0 Å². The van der Waals surface area contributed by atoms with Crippen LogP contribution in [-0.4, -0.2) is 53.3 Å². The average molecular weight is 349 g/mol. The van der Waals surface area contributed by atoms with Crippen LogP contribution >= 0.6 is 13.4 Å². The monoisotopic (exact) mass is 350 g/mol. The van der Waals surface area contributed by atoms with Crippen molar-refractivity contribution in [1.29, 1.82) is 0 Å². The van der Waals surface area contributed by atoms with Crippen LogP contribution in [0.25, 0.3) is 0 Å². The predicted octanol–water partition coefficient (Wildman–Crippen LogP) is -2.54. The van der Waals surface area contributed by atoms with Gasteiger partial charge >= 0.3 is 37.3 Å². The molecule has 0 aliphatic carbocycles. The van der Waals surface area contributed by atoms with E-state index < -0.39 is 13.4 Å². The summed E-state index contributed by atoms with van der Waals surface area (Å²) in [6.45, 7) is -7.61. The molecule has 0 amide bonds. The van der Waals surface area contributed by atoms with Gasteiger partial charge in [0.2, 0.25) is 0 Å². The summed E-state index contributed by atoms with van der Waals surface area (Å²) in [6, 6.07) is 0. The Hall–Kier alpha value is 1.86. The summed E-state index contributed by atoms with van der Waals surface area (Å²) in [5.41, 5.74) is 0. The molecule has 0 atom stereocenters. The van der Waals surface area contributed by atoms with Crippen molar-refractivity contribution in [1.82, 2.24) is 0 Å². The number of rotatable bonds is 0. The van der Waals surface area contributed by atoms with Crippen LogP contribution in [0.4, 0.5) is 0 Å². The molecular weight excluding hydrogens is 341 g/mol. The summed E-state index contributed by atoms with van der Waals surface area (Å²) < 4.78 is 0. The van der Waals surface area contributed by atoms with Gasteiger partial charge in [-0.3, -0.25) is 0 Å². The third kappa shape index (κ3) is 334. The van der Waals surface area contributed by atoms with E-state index in [4.69, 9.17) is 29.4 Å². The van der Waals surface area contributed by atoms with E-state index in [1.54, 1.807) is 0 Å². The van der Waals surface area contributed by atoms with Crippen LogP contribution in [0.15, 0.2) is 0 Å². The van der Waals surface area contributed by atoms with E-state index in [-0.39, 0.29) is 23.9 Å². The summed E-state index contributed by atoms with van der Waals surface area (Å²) in [7, 11) is 0. The van der Waals surface area contributed by atoms with E-state index in [9.17, 15) is 0 Å². The minimum atomic E-state index is -3.81.